The predicted octanol–water partition coefficient (Wildman–Crippen LogP) is 6.65. The summed E-state index contributed by atoms with van der Waals surface area (Å²) >= 11 is 9.64. The van der Waals surface area contributed by atoms with Crippen LogP contribution in [0, 0.1) is 0 Å². The van der Waals surface area contributed by atoms with Gasteiger partial charge in [-0.1, -0.05) is 12.1 Å². The lowest BCUT2D eigenvalue weighted by molar-refractivity contribution is 0.0511. The second-order valence-electron chi connectivity index (χ2n) is 12.9. The van der Waals surface area contributed by atoms with E-state index in [0.29, 0.717) is 22.4 Å². The van der Waals surface area contributed by atoms with Crippen molar-refractivity contribution < 1.29 is 19.1 Å². The minimum Gasteiger partial charge on any atom is -0.442 e. The summed E-state index contributed by atoms with van der Waals surface area (Å²) in [6.07, 6.45) is 5.25. The molecular formula is C36H36N8O6S2. The number of thiocarbonyl (C=S) groups is 2. The van der Waals surface area contributed by atoms with E-state index < -0.39 is 23.4 Å². The molecule has 2 N–H and O–H groups in total. The maximum atomic E-state index is 12.0. The van der Waals surface area contributed by atoms with Crippen molar-refractivity contribution in [3.8, 4) is 0 Å². The zero-order valence-electron chi connectivity index (χ0n) is 29.2. The van der Waals surface area contributed by atoms with E-state index in [2.05, 4.69) is 32.6 Å². The molecule has 0 spiro atoms. The van der Waals surface area contributed by atoms with Gasteiger partial charge in [0.2, 0.25) is 0 Å². The molecule has 0 radical (unpaired) electrons. The number of rotatable bonds is 1. The van der Waals surface area contributed by atoms with Crippen LogP contribution in [0.15, 0.2) is 112 Å². The van der Waals surface area contributed by atoms with Crippen LogP contribution in [0.1, 0.15) is 41.5 Å². The third-order valence-corrected chi connectivity index (χ3v) is 6.99. The minimum atomic E-state index is -0.559. The van der Waals surface area contributed by atoms with Crippen molar-refractivity contribution in [1.82, 2.24) is 28.7 Å². The second-order valence-corrected chi connectivity index (χ2v) is 13.5. The van der Waals surface area contributed by atoms with Gasteiger partial charge in [-0.2, -0.15) is 24.6 Å². The quantitative estimate of drug-likeness (QED) is 0.109. The normalized spacial score (nSPS) is 11.0. The fourth-order valence-corrected chi connectivity index (χ4v) is 4.79. The van der Waals surface area contributed by atoms with Crippen LogP contribution in [0.5, 0.6) is 0 Å². The number of fused-ring (bicyclic) bond motifs is 2. The zero-order chi connectivity index (χ0) is 38.2. The Bertz CT molecular complexity index is 2370. The topological polar surface area (TPSA) is 171 Å². The Labute approximate surface area is 308 Å². The molecule has 268 valence electrons. The number of carbonyl (C=O) groups excluding carboxylic acids is 2. The van der Waals surface area contributed by atoms with Gasteiger partial charge in [0.15, 0.2) is 5.11 Å². The molecule has 0 aliphatic heterocycles. The molecular weight excluding hydrogens is 705 g/mol. The van der Waals surface area contributed by atoms with Gasteiger partial charge in [0.25, 0.3) is 11.1 Å². The summed E-state index contributed by atoms with van der Waals surface area (Å²) < 4.78 is 15.5. The fourth-order valence-electron chi connectivity index (χ4n) is 4.38. The first-order chi connectivity index (χ1) is 24.5. The first kappa shape index (κ1) is 38.7. The number of nitrogens with zero attached hydrogens (tertiary/aromatic N) is 7. The lowest BCUT2D eigenvalue weighted by Crippen LogP contribution is -2.35. The average molecular weight is 741 g/mol. The van der Waals surface area contributed by atoms with Crippen LogP contribution in [-0.2, 0) is 9.47 Å². The molecule has 2 aromatic carbocycles. The number of nitrogen functional groups attached to an aromatic ring is 1. The number of carbonyl (C=O) groups is 2. The summed E-state index contributed by atoms with van der Waals surface area (Å²) in [7, 11) is 0. The number of aromatic nitrogens is 6. The fraction of sp³-hybridized carbons (Fsp3) is 0.222. The van der Waals surface area contributed by atoms with Crippen LogP contribution in [0.2, 0.25) is 0 Å². The number of anilines is 1. The highest BCUT2D eigenvalue weighted by molar-refractivity contribution is 7.80. The van der Waals surface area contributed by atoms with Gasteiger partial charge in [-0.15, -0.1) is 0 Å². The van der Waals surface area contributed by atoms with Gasteiger partial charge < -0.3 is 15.2 Å². The van der Waals surface area contributed by atoms with E-state index in [-0.39, 0.29) is 16.2 Å². The molecule has 0 atom stereocenters. The first-order valence-electron chi connectivity index (χ1n) is 15.6. The first-order valence-corrected chi connectivity index (χ1v) is 16.4. The monoisotopic (exact) mass is 740 g/mol. The Balaban J connectivity index is 0.000000175. The van der Waals surface area contributed by atoms with Crippen molar-refractivity contribution in [1.29, 1.82) is 0 Å². The van der Waals surface area contributed by atoms with Gasteiger partial charge in [-0.3, -0.25) is 18.7 Å². The Morgan fingerprint density at radius 3 is 1.63 bits per heavy atom. The molecule has 0 amide bonds. The van der Waals surface area contributed by atoms with Crippen molar-refractivity contribution in [2.24, 2.45) is 4.99 Å². The van der Waals surface area contributed by atoms with E-state index in [4.69, 9.17) is 27.4 Å². The largest absolute Gasteiger partial charge is 0.442 e. The lowest BCUT2D eigenvalue weighted by atomic mass is 10.2. The smallest absolute Gasteiger partial charge is 0.435 e. The minimum absolute atomic E-state index is 0.149. The predicted molar refractivity (Wildman–Crippen MR) is 207 cm³/mol. The highest BCUT2D eigenvalue weighted by atomic mass is 32.1. The lowest BCUT2D eigenvalue weighted by Gasteiger charge is -2.19. The average Bonchev–Trinajstić information content (AvgIpc) is 3.68. The van der Waals surface area contributed by atoms with Crippen molar-refractivity contribution in [2.75, 3.05) is 5.73 Å². The number of isothiocyanates is 1. The maximum absolute atomic E-state index is 12.0. The van der Waals surface area contributed by atoms with Gasteiger partial charge >= 0.3 is 12.2 Å². The van der Waals surface area contributed by atoms with Crippen LogP contribution in [-0.4, -0.2) is 62.4 Å². The van der Waals surface area contributed by atoms with Gasteiger partial charge in [0.05, 0.1) is 34.3 Å². The van der Waals surface area contributed by atoms with Crippen molar-refractivity contribution in [2.45, 2.75) is 52.7 Å². The number of hydrogen-bond acceptors (Lipinski definition) is 12. The van der Waals surface area contributed by atoms with Gasteiger partial charge in [-0.05, 0) is 115 Å². The molecule has 0 unspecified atom stereocenters. The summed E-state index contributed by atoms with van der Waals surface area (Å²) in [5.74, 6) is 0. The summed E-state index contributed by atoms with van der Waals surface area (Å²) in [6, 6.07) is 19.9. The van der Waals surface area contributed by atoms with Gasteiger partial charge in [0, 0.05) is 41.0 Å². The molecule has 0 aliphatic carbocycles. The third-order valence-electron chi connectivity index (χ3n) is 6.51. The molecule has 0 aliphatic rings. The molecule has 14 nitrogen and oxygen atoms in total. The number of pyridine rings is 2. The van der Waals surface area contributed by atoms with E-state index in [1.54, 1.807) is 73.1 Å². The Morgan fingerprint density at radius 1 is 0.731 bits per heavy atom. The molecule has 6 rings (SSSR count). The van der Waals surface area contributed by atoms with E-state index in [1.165, 1.54) is 43.0 Å². The van der Waals surface area contributed by atoms with E-state index >= 15 is 0 Å². The van der Waals surface area contributed by atoms with Crippen molar-refractivity contribution in [3.63, 3.8) is 0 Å². The number of nitrogens with two attached hydrogens (primary N) is 1. The molecule has 52 heavy (non-hydrogen) atoms. The molecule has 4 aromatic heterocycles. The summed E-state index contributed by atoms with van der Waals surface area (Å²) in [5.41, 5.74) is 6.70. The summed E-state index contributed by atoms with van der Waals surface area (Å²) in [6.45, 7) is 10.9. The summed E-state index contributed by atoms with van der Waals surface area (Å²) in [5, 5.41) is 12.1. The maximum Gasteiger partial charge on any atom is 0.435 e. The van der Waals surface area contributed by atoms with E-state index in [9.17, 15) is 19.2 Å². The molecule has 4 heterocycles. The van der Waals surface area contributed by atoms with Crippen LogP contribution < -0.4 is 16.9 Å². The number of benzene rings is 2. The highest BCUT2D eigenvalue weighted by Crippen LogP contribution is 2.22. The highest BCUT2D eigenvalue weighted by Gasteiger charge is 2.21. The van der Waals surface area contributed by atoms with Gasteiger partial charge in [-0.25, -0.2) is 9.59 Å². The molecule has 6 aromatic rings. The molecule has 16 heteroatoms. The summed E-state index contributed by atoms with van der Waals surface area (Å²) in [4.78, 5) is 50.7. The van der Waals surface area contributed by atoms with E-state index in [0.717, 1.165) is 10.8 Å². The molecule has 0 saturated heterocycles. The second kappa shape index (κ2) is 16.3. The molecule has 0 fully saturated rings. The number of hydrogen-bond donors (Lipinski definition) is 1. The van der Waals surface area contributed by atoms with Gasteiger partial charge in [0.1, 0.15) is 11.2 Å². The standard InChI is InChI=1S/C13H13N3O2S.C12H15N3O2.C11H8N2O2S/c1-13(2,3)18-12(17)16-11-5-4-10(14-8-19)6-9(11)7-15-16;1-12(2,3)17-11(16)15-10-5-4-9(13)6-8(10)7-14-15;14-9-5-1-3-7-12(9)11(16)13-8-4-2-6-10(13)15/h4-7H,1-3H3;4-7H,13H2,1-3H3;1-8H. The van der Waals surface area contributed by atoms with Crippen molar-refractivity contribution in [3.05, 3.63) is 118 Å². The van der Waals surface area contributed by atoms with E-state index in [1.807, 2.05) is 41.5 Å². The molecule has 0 saturated carbocycles. The van der Waals surface area contributed by atoms with Crippen LogP contribution >= 0.6 is 24.4 Å². The van der Waals surface area contributed by atoms with Crippen LogP contribution in [0.4, 0.5) is 21.0 Å². The Morgan fingerprint density at radius 2 is 1.19 bits per heavy atom. The third kappa shape index (κ3) is 10.2. The zero-order valence-corrected chi connectivity index (χ0v) is 30.8. The number of ether oxygens (including phenoxy) is 2. The SMILES string of the molecule is CC(C)(C)OC(=O)n1ncc2cc(N)ccc21.CC(C)(C)OC(=O)n1ncc2cc(N=C=S)ccc21.O=c1ccccn1C(=S)n1ccccc1=O. The Hall–Kier alpha value is -6.09. The van der Waals surface area contributed by atoms with Crippen molar-refractivity contribution >= 4 is 80.1 Å². The van der Waals surface area contributed by atoms with Crippen LogP contribution in [0.3, 0.4) is 0 Å². The Kier molecular flexibility index (Phi) is 12.1. The number of aliphatic imine (C=N–C) groups is 1. The molecule has 0 bridgehead atoms. The van der Waals surface area contributed by atoms with Crippen LogP contribution in [0.25, 0.3) is 21.8 Å².